The van der Waals surface area contributed by atoms with Crippen molar-refractivity contribution >= 4 is 23.2 Å². The highest BCUT2D eigenvalue weighted by molar-refractivity contribution is 6.30. The normalized spacial score (nSPS) is 22.2. The van der Waals surface area contributed by atoms with E-state index in [1.54, 1.807) is 0 Å². The third-order valence-electron chi connectivity index (χ3n) is 5.40. The van der Waals surface area contributed by atoms with Gasteiger partial charge in [0.1, 0.15) is 5.92 Å². The molecule has 2 atom stereocenters. The molecule has 0 radical (unpaired) electrons. The fourth-order valence-electron chi connectivity index (χ4n) is 3.99. The maximum Gasteiger partial charge on any atom is 0.173 e. The summed E-state index contributed by atoms with van der Waals surface area (Å²) < 4.78 is 0. The number of hydrogen-bond acceptors (Lipinski definition) is 2. The largest absolute Gasteiger partial charge is 0.298 e. The SMILES string of the molecule is CCc1ccc(-c2ccc(Cl)cc2)cc1C1C(=O)C2=CC[C@H](C2)C1=O. The van der Waals surface area contributed by atoms with Crippen molar-refractivity contribution in [3.63, 3.8) is 0 Å². The average molecular weight is 351 g/mol. The lowest BCUT2D eigenvalue weighted by molar-refractivity contribution is -0.131. The molecule has 2 bridgehead atoms. The predicted octanol–water partition coefficient (Wildman–Crippen LogP) is 5.14. The van der Waals surface area contributed by atoms with Crippen LogP contribution < -0.4 is 0 Å². The number of Topliss-reactive ketones (excluding diaryl/α,β-unsaturated/α-hetero) is 2. The smallest absolute Gasteiger partial charge is 0.173 e. The van der Waals surface area contributed by atoms with Gasteiger partial charge in [0, 0.05) is 10.9 Å². The maximum absolute atomic E-state index is 12.9. The molecule has 25 heavy (non-hydrogen) atoms. The summed E-state index contributed by atoms with van der Waals surface area (Å²) in [6.45, 7) is 2.06. The minimum absolute atomic E-state index is 0.00158. The molecule has 2 aromatic rings. The Balaban J connectivity index is 1.81. The van der Waals surface area contributed by atoms with Crippen LogP contribution in [0.25, 0.3) is 11.1 Å². The molecule has 2 aliphatic carbocycles. The van der Waals surface area contributed by atoms with Crippen LogP contribution in [0.15, 0.2) is 54.1 Å². The minimum atomic E-state index is -0.630. The van der Waals surface area contributed by atoms with E-state index in [4.69, 9.17) is 11.6 Å². The third-order valence-corrected chi connectivity index (χ3v) is 5.65. The Morgan fingerprint density at radius 2 is 1.76 bits per heavy atom. The van der Waals surface area contributed by atoms with Gasteiger partial charge >= 0.3 is 0 Å². The number of rotatable bonds is 3. The highest BCUT2D eigenvalue weighted by Gasteiger charge is 2.43. The van der Waals surface area contributed by atoms with E-state index < -0.39 is 5.92 Å². The van der Waals surface area contributed by atoms with Crippen LogP contribution in [0.3, 0.4) is 0 Å². The Bertz CT molecular complexity index is 893. The van der Waals surface area contributed by atoms with Gasteiger partial charge in [0.05, 0.1) is 0 Å². The Labute approximate surface area is 152 Å². The molecule has 1 unspecified atom stereocenters. The number of ketones is 2. The van der Waals surface area contributed by atoms with Crippen LogP contribution in [0.5, 0.6) is 0 Å². The van der Waals surface area contributed by atoms with Gasteiger partial charge in [0.25, 0.3) is 0 Å². The summed E-state index contributed by atoms with van der Waals surface area (Å²) in [4.78, 5) is 25.7. The van der Waals surface area contributed by atoms with Crippen LogP contribution in [0.2, 0.25) is 5.02 Å². The number of allylic oxidation sites excluding steroid dienone is 2. The molecule has 0 aromatic heterocycles. The Kier molecular flexibility index (Phi) is 4.09. The van der Waals surface area contributed by atoms with E-state index in [0.717, 1.165) is 40.7 Å². The molecular formula is C22H19ClO2. The number of carbonyl (C=O) groups excluding carboxylic acids is 2. The lowest BCUT2D eigenvalue weighted by atomic mass is 9.74. The monoisotopic (exact) mass is 350 g/mol. The fourth-order valence-corrected chi connectivity index (χ4v) is 4.11. The van der Waals surface area contributed by atoms with Crippen molar-refractivity contribution in [1.82, 2.24) is 0 Å². The van der Waals surface area contributed by atoms with E-state index in [1.807, 2.05) is 42.5 Å². The van der Waals surface area contributed by atoms with E-state index in [9.17, 15) is 9.59 Å². The van der Waals surface area contributed by atoms with Gasteiger partial charge in [-0.3, -0.25) is 9.59 Å². The van der Waals surface area contributed by atoms with Crippen molar-refractivity contribution in [2.24, 2.45) is 5.92 Å². The summed E-state index contributed by atoms with van der Waals surface area (Å²) in [7, 11) is 0. The molecule has 0 spiro atoms. The van der Waals surface area contributed by atoms with E-state index in [-0.39, 0.29) is 17.5 Å². The second kappa shape index (κ2) is 6.27. The van der Waals surface area contributed by atoms with Gasteiger partial charge in [0.15, 0.2) is 11.6 Å². The van der Waals surface area contributed by atoms with E-state index in [2.05, 4.69) is 13.0 Å². The second-order valence-electron chi connectivity index (χ2n) is 6.84. The summed E-state index contributed by atoms with van der Waals surface area (Å²) in [5.74, 6) is -0.552. The molecule has 1 fully saturated rings. The van der Waals surface area contributed by atoms with Crippen molar-refractivity contribution < 1.29 is 9.59 Å². The van der Waals surface area contributed by atoms with E-state index >= 15 is 0 Å². The lowest BCUT2D eigenvalue weighted by Gasteiger charge is -2.26. The van der Waals surface area contributed by atoms with Gasteiger partial charge in [-0.15, -0.1) is 0 Å². The Morgan fingerprint density at radius 3 is 2.48 bits per heavy atom. The van der Waals surface area contributed by atoms with Crippen molar-refractivity contribution in [3.05, 3.63) is 70.3 Å². The van der Waals surface area contributed by atoms with Crippen molar-refractivity contribution in [1.29, 1.82) is 0 Å². The van der Waals surface area contributed by atoms with Crippen LogP contribution >= 0.6 is 11.6 Å². The van der Waals surface area contributed by atoms with Crippen molar-refractivity contribution in [3.8, 4) is 11.1 Å². The molecule has 0 amide bonds. The number of carbonyl (C=O) groups is 2. The van der Waals surface area contributed by atoms with Gasteiger partial charge in [-0.25, -0.2) is 0 Å². The average Bonchev–Trinajstić information content (AvgIpc) is 3.08. The molecule has 0 aliphatic heterocycles. The summed E-state index contributed by atoms with van der Waals surface area (Å²) in [6.07, 6.45) is 4.11. The molecule has 0 N–H and O–H groups in total. The van der Waals surface area contributed by atoms with Crippen LogP contribution in [-0.4, -0.2) is 11.6 Å². The predicted molar refractivity (Wildman–Crippen MR) is 99.8 cm³/mol. The highest BCUT2D eigenvalue weighted by Crippen LogP contribution is 2.42. The van der Waals surface area contributed by atoms with Crippen molar-refractivity contribution in [2.45, 2.75) is 32.1 Å². The molecule has 0 saturated heterocycles. The number of aryl methyl sites for hydroxylation is 1. The third kappa shape index (κ3) is 2.75. The van der Waals surface area contributed by atoms with Gasteiger partial charge in [-0.05, 0) is 65.3 Å². The zero-order valence-electron chi connectivity index (χ0n) is 14.1. The molecule has 2 aliphatic rings. The zero-order chi connectivity index (χ0) is 17.6. The summed E-state index contributed by atoms with van der Waals surface area (Å²) >= 11 is 5.98. The standard InChI is InChI=1S/C22H19ClO2/c1-2-13-3-4-15(14-7-9-18(23)10-8-14)12-19(13)20-21(24)16-5-6-17(11-16)22(20)25/h3-5,7-10,12,17,20H,2,6,11H2,1H3/t17-,20?/m1/s1. The van der Waals surface area contributed by atoms with Gasteiger partial charge in [-0.2, -0.15) is 0 Å². The maximum atomic E-state index is 12.9. The molecule has 2 aromatic carbocycles. The first-order valence-corrected chi connectivity index (χ1v) is 9.12. The Morgan fingerprint density at radius 1 is 1.04 bits per heavy atom. The molecule has 1 saturated carbocycles. The molecule has 126 valence electrons. The summed E-state index contributed by atoms with van der Waals surface area (Å²) in [6, 6.07) is 13.8. The van der Waals surface area contributed by atoms with Crippen LogP contribution in [0, 0.1) is 5.92 Å². The summed E-state index contributed by atoms with van der Waals surface area (Å²) in [5, 5.41) is 0.690. The first-order chi connectivity index (χ1) is 12.1. The van der Waals surface area contributed by atoms with Gasteiger partial charge in [-0.1, -0.05) is 48.9 Å². The molecule has 4 rings (SSSR count). The first-order valence-electron chi connectivity index (χ1n) is 8.74. The topological polar surface area (TPSA) is 34.1 Å². The van der Waals surface area contributed by atoms with Gasteiger partial charge < -0.3 is 0 Å². The number of fused-ring (bicyclic) bond motifs is 2. The minimum Gasteiger partial charge on any atom is -0.298 e. The molecule has 0 heterocycles. The quantitative estimate of drug-likeness (QED) is 0.718. The van der Waals surface area contributed by atoms with Crippen LogP contribution in [0.4, 0.5) is 0 Å². The van der Waals surface area contributed by atoms with Crippen molar-refractivity contribution in [2.75, 3.05) is 0 Å². The molecule has 3 heteroatoms. The zero-order valence-corrected chi connectivity index (χ0v) is 14.8. The molecular weight excluding hydrogens is 332 g/mol. The highest BCUT2D eigenvalue weighted by atomic mass is 35.5. The number of halogens is 1. The van der Waals surface area contributed by atoms with Crippen LogP contribution in [0.1, 0.15) is 36.8 Å². The number of hydrogen-bond donors (Lipinski definition) is 0. The lowest BCUT2D eigenvalue weighted by Crippen LogP contribution is -2.33. The fraction of sp³-hybridized carbons (Fsp3) is 0.273. The van der Waals surface area contributed by atoms with E-state index in [1.165, 1.54) is 0 Å². The summed E-state index contributed by atoms with van der Waals surface area (Å²) in [5.41, 5.74) is 4.84. The van der Waals surface area contributed by atoms with Gasteiger partial charge in [0.2, 0.25) is 0 Å². The molecule has 2 nitrogen and oxygen atoms in total. The second-order valence-corrected chi connectivity index (χ2v) is 7.28. The van der Waals surface area contributed by atoms with Crippen LogP contribution in [-0.2, 0) is 16.0 Å². The van der Waals surface area contributed by atoms with E-state index in [0.29, 0.717) is 11.4 Å². The number of benzene rings is 2. The first kappa shape index (κ1) is 16.3. The Hall–Kier alpha value is -2.19.